The van der Waals surface area contributed by atoms with Gasteiger partial charge in [0.15, 0.2) is 0 Å². The number of anilines is 1. The Morgan fingerprint density at radius 1 is 1.20 bits per heavy atom. The first-order valence-corrected chi connectivity index (χ1v) is 8.05. The summed E-state index contributed by atoms with van der Waals surface area (Å²) in [5, 5.41) is 3.48. The van der Waals surface area contributed by atoms with Gasteiger partial charge in [-0.25, -0.2) is 4.79 Å². The zero-order valence-corrected chi connectivity index (χ0v) is 14.4. The zero-order valence-electron chi connectivity index (χ0n) is 14.4. The van der Waals surface area contributed by atoms with Crippen LogP contribution in [0.5, 0.6) is 5.75 Å². The monoisotopic (exact) mass is 337 g/mol. The van der Waals surface area contributed by atoms with Crippen molar-refractivity contribution < 1.29 is 13.9 Å². The maximum absolute atomic E-state index is 12.7. The standard InChI is InChI=1S/C20H19NO4/c1-4-13-7-5-6-12(2)18(13)21-19(22)16-11-14-10-15(24-3)8-9-17(14)25-20(16)23/h5-11H,4H2,1-3H3,(H,21,22). The predicted molar refractivity (Wildman–Crippen MR) is 97.5 cm³/mol. The Balaban J connectivity index is 2.03. The van der Waals surface area contributed by atoms with Gasteiger partial charge in [-0.3, -0.25) is 4.79 Å². The Hall–Kier alpha value is -3.08. The highest BCUT2D eigenvalue weighted by atomic mass is 16.5. The largest absolute Gasteiger partial charge is 0.497 e. The van der Waals surface area contributed by atoms with E-state index in [1.54, 1.807) is 25.3 Å². The molecule has 0 aliphatic rings. The Morgan fingerprint density at radius 3 is 2.72 bits per heavy atom. The van der Waals surface area contributed by atoms with Crippen LogP contribution in [-0.2, 0) is 6.42 Å². The first-order valence-electron chi connectivity index (χ1n) is 8.05. The lowest BCUT2D eigenvalue weighted by Crippen LogP contribution is -2.21. The summed E-state index contributed by atoms with van der Waals surface area (Å²) in [4.78, 5) is 24.9. The average Bonchev–Trinajstić information content (AvgIpc) is 2.62. The van der Waals surface area contributed by atoms with Gasteiger partial charge in [-0.05, 0) is 48.7 Å². The molecule has 0 aliphatic heterocycles. The van der Waals surface area contributed by atoms with Gasteiger partial charge in [0.1, 0.15) is 16.9 Å². The van der Waals surface area contributed by atoms with Gasteiger partial charge in [0, 0.05) is 11.1 Å². The van der Waals surface area contributed by atoms with Gasteiger partial charge in [-0.1, -0.05) is 25.1 Å². The number of methoxy groups -OCH3 is 1. The second-order valence-corrected chi connectivity index (χ2v) is 5.77. The lowest BCUT2D eigenvalue weighted by molar-refractivity contribution is 0.102. The molecule has 5 heteroatoms. The van der Waals surface area contributed by atoms with Gasteiger partial charge in [0.25, 0.3) is 5.91 Å². The quantitative estimate of drug-likeness (QED) is 0.733. The van der Waals surface area contributed by atoms with Gasteiger partial charge < -0.3 is 14.5 Å². The third kappa shape index (κ3) is 3.26. The maximum Gasteiger partial charge on any atom is 0.349 e. The van der Waals surface area contributed by atoms with E-state index in [1.165, 1.54) is 6.07 Å². The number of amides is 1. The molecule has 1 aromatic heterocycles. The number of fused-ring (bicyclic) bond motifs is 1. The minimum absolute atomic E-state index is 0.0361. The molecule has 0 aliphatic carbocycles. The molecule has 0 saturated heterocycles. The van der Waals surface area contributed by atoms with Gasteiger partial charge in [0.2, 0.25) is 0 Å². The van der Waals surface area contributed by atoms with Crippen LogP contribution < -0.4 is 15.7 Å². The second kappa shape index (κ2) is 6.81. The highest BCUT2D eigenvalue weighted by Gasteiger charge is 2.16. The molecule has 5 nitrogen and oxygen atoms in total. The van der Waals surface area contributed by atoms with Gasteiger partial charge >= 0.3 is 5.63 Å². The lowest BCUT2D eigenvalue weighted by Gasteiger charge is -2.12. The van der Waals surface area contributed by atoms with Crippen molar-refractivity contribution in [2.45, 2.75) is 20.3 Å². The molecule has 0 unspecified atom stereocenters. The summed E-state index contributed by atoms with van der Waals surface area (Å²) in [6.07, 6.45) is 0.779. The summed E-state index contributed by atoms with van der Waals surface area (Å²) in [5.74, 6) is 0.141. The van der Waals surface area contributed by atoms with Crippen LogP contribution in [-0.4, -0.2) is 13.0 Å². The van der Waals surface area contributed by atoms with E-state index in [2.05, 4.69) is 5.32 Å². The molecule has 3 rings (SSSR count). The van der Waals surface area contributed by atoms with Crippen molar-refractivity contribution in [2.75, 3.05) is 12.4 Å². The summed E-state index contributed by atoms with van der Waals surface area (Å²) in [6.45, 7) is 3.93. The maximum atomic E-state index is 12.7. The highest BCUT2D eigenvalue weighted by molar-refractivity contribution is 6.06. The molecule has 0 radical (unpaired) electrons. The second-order valence-electron chi connectivity index (χ2n) is 5.77. The van der Waals surface area contributed by atoms with E-state index in [9.17, 15) is 9.59 Å². The summed E-state index contributed by atoms with van der Waals surface area (Å²) >= 11 is 0. The molecule has 128 valence electrons. The molecule has 1 N–H and O–H groups in total. The lowest BCUT2D eigenvalue weighted by atomic mass is 10.1. The Bertz CT molecular complexity index is 1000. The molecule has 0 spiro atoms. The van der Waals surface area contributed by atoms with Crippen molar-refractivity contribution >= 4 is 22.6 Å². The molecule has 3 aromatic rings. The van der Waals surface area contributed by atoms with Crippen molar-refractivity contribution in [3.8, 4) is 5.75 Å². The zero-order chi connectivity index (χ0) is 18.0. The van der Waals surface area contributed by atoms with Gasteiger partial charge in [0.05, 0.1) is 7.11 Å². The number of hydrogen-bond donors (Lipinski definition) is 1. The summed E-state index contributed by atoms with van der Waals surface area (Å²) in [6, 6.07) is 12.4. The number of aryl methyl sites for hydroxylation is 2. The SMILES string of the molecule is CCc1cccc(C)c1NC(=O)c1cc2cc(OC)ccc2oc1=O. The van der Waals surface area contributed by atoms with Crippen LogP contribution in [0.2, 0.25) is 0 Å². The third-order valence-electron chi connectivity index (χ3n) is 4.16. The number of carbonyl (C=O) groups excluding carboxylic acids is 1. The van der Waals surface area contributed by atoms with Crippen LogP contribution in [0.25, 0.3) is 11.0 Å². The van der Waals surface area contributed by atoms with Crippen molar-refractivity contribution in [3.63, 3.8) is 0 Å². The highest BCUT2D eigenvalue weighted by Crippen LogP contribution is 2.23. The van der Waals surface area contributed by atoms with E-state index in [0.717, 1.165) is 23.2 Å². The summed E-state index contributed by atoms with van der Waals surface area (Å²) in [7, 11) is 1.55. The summed E-state index contributed by atoms with van der Waals surface area (Å²) < 4.78 is 10.4. The van der Waals surface area contributed by atoms with E-state index in [-0.39, 0.29) is 5.56 Å². The number of carbonyl (C=O) groups is 1. The Labute approximate surface area is 145 Å². The third-order valence-corrected chi connectivity index (χ3v) is 4.16. The first-order chi connectivity index (χ1) is 12.0. The fourth-order valence-corrected chi connectivity index (χ4v) is 2.77. The molecule has 1 heterocycles. The molecule has 0 atom stereocenters. The summed E-state index contributed by atoms with van der Waals surface area (Å²) in [5.41, 5.74) is 2.40. The molecule has 0 saturated carbocycles. The van der Waals surface area contributed by atoms with Crippen molar-refractivity contribution in [1.29, 1.82) is 0 Å². The molecular weight excluding hydrogens is 318 g/mol. The van der Waals surface area contributed by atoms with E-state index >= 15 is 0 Å². The number of benzene rings is 2. The van der Waals surface area contributed by atoms with E-state index in [0.29, 0.717) is 16.7 Å². The van der Waals surface area contributed by atoms with Crippen LogP contribution >= 0.6 is 0 Å². The normalized spacial score (nSPS) is 10.7. The van der Waals surface area contributed by atoms with Crippen molar-refractivity contribution in [2.24, 2.45) is 0 Å². The number of rotatable bonds is 4. The topological polar surface area (TPSA) is 68.5 Å². The molecule has 2 aromatic carbocycles. The fraction of sp³-hybridized carbons (Fsp3) is 0.200. The van der Waals surface area contributed by atoms with Gasteiger partial charge in [-0.2, -0.15) is 0 Å². The number of ether oxygens (including phenoxy) is 1. The molecule has 0 fully saturated rings. The number of para-hydroxylation sites is 1. The van der Waals surface area contributed by atoms with Crippen LogP contribution in [0, 0.1) is 6.92 Å². The first kappa shape index (κ1) is 16.8. The minimum Gasteiger partial charge on any atom is -0.497 e. The van der Waals surface area contributed by atoms with E-state index < -0.39 is 11.5 Å². The predicted octanol–water partition coefficient (Wildman–Crippen LogP) is 3.92. The average molecular weight is 337 g/mol. The van der Waals surface area contributed by atoms with Crippen molar-refractivity contribution in [3.05, 3.63) is 69.6 Å². The van der Waals surface area contributed by atoms with E-state index in [1.807, 2.05) is 32.0 Å². The van der Waals surface area contributed by atoms with Crippen LogP contribution in [0.3, 0.4) is 0 Å². The minimum atomic E-state index is -0.665. The van der Waals surface area contributed by atoms with E-state index in [4.69, 9.17) is 9.15 Å². The molecular formula is C20H19NO4. The Kier molecular flexibility index (Phi) is 4.57. The van der Waals surface area contributed by atoms with Crippen LogP contribution in [0.15, 0.2) is 51.7 Å². The Morgan fingerprint density at radius 2 is 2.00 bits per heavy atom. The van der Waals surface area contributed by atoms with Crippen LogP contribution in [0.4, 0.5) is 5.69 Å². The van der Waals surface area contributed by atoms with Gasteiger partial charge in [-0.15, -0.1) is 0 Å². The molecule has 1 amide bonds. The number of hydrogen-bond acceptors (Lipinski definition) is 4. The van der Waals surface area contributed by atoms with Crippen molar-refractivity contribution in [1.82, 2.24) is 0 Å². The smallest absolute Gasteiger partial charge is 0.349 e. The molecule has 0 bridgehead atoms. The van der Waals surface area contributed by atoms with Crippen LogP contribution in [0.1, 0.15) is 28.4 Å². The number of nitrogens with one attached hydrogen (secondary N) is 1. The molecule has 25 heavy (non-hydrogen) atoms. The fourth-order valence-electron chi connectivity index (χ4n) is 2.77.